The summed E-state index contributed by atoms with van der Waals surface area (Å²) in [6, 6.07) is 3.10. The molecule has 1 aromatic heterocycles. The van der Waals surface area contributed by atoms with E-state index in [0.717, 1.165) is 17.3 Å². The maximum Gasteiger partial charge on any atom is 0.312 e. The average Bonchev–Trinajstić information content (AvgIpc) is 2.46. The Hall–Kier alpha value is -1.46. The zero-order chi connectivity index (χ0) is 13.7. The van der Waals surface area contributed by atoms with Crippen LogP contribution in [-0.4, -0.2) is 39.0 Å². The highest BCUT2D eigenvalue weighted by Crippen LogP contribution is 2.26. The first-order valence-corrected chi connectivity index (χ1v) is 7.89. The smallest absolute Gasteiger partial charge is 0.312 e. The van der Waals surface area contributed by atoms with Gasteiger partial charge in [-0.05, 0) is 0 Å². The second-order valence-electron chi connectivity index (χ2n) is 3.91. The van der Waals surface area contributed by atoms with Crippen molar-refractivity contribution in [2.24, 2.45) is 0 Å². The van der Waals surface area contributed by atoms with Crippen LogP contribution in [0.3, 0.4) is 0 Å². The highest BCUT2D eigenvalue weighted by atomic mass is 32.2. The third-order valence-electron chi connectivity index (χ3n) is 2.58. The van der Waals surface area contributed by atoms with Gasteiger partial charge >= 0.3 is 5.69 Å². The molecule has 1 aromatic rings. The molecular weight excluding hydrogens is 284 g/mol. The molecule has 1 N–H and O–H groups in total. The van der Waals surface area contributed by atoms with Gasteiger partial charge < -0.3 is 5.32 Å². The molecule has 8 heteroatoms. The van der Waals surface area contributed by atoms with Crippen LogP contribution in [0.2, 0.25) is 0 Å². The Morgan fingerprint density at radius 1 is 1.63 bits per heavy atom. The van der Waals surface area contributed by atoms with Crippen molar-refractivity contribution in [3.8, 4) is 6.07 Å². The van der Waals surface area contributed by atoms with Gasteiger partial charge in [-0.2, -0.15) is 28.8 Å². The van der Waals surface area contributed by atoms with E-state index in [2.05, 4.69) is 10.3 Å². The lowest BCUT2D eigenvalue weighted by Gasteiger charge is -2.21. The summed E-state index contributed by atoms with van der Waals surface area (Å²) in [7, 11) is 0. The molecule has 0 bridgehead atoms. The van der Waals surface area contributed by atoms with Gasteiger partial charge in [-0.15, -0.1) is 0 Å². The van der Waals surface area contributed by atoms with Crippen LogP contribution in [-0.2, 0) is 0 Å². The van der Waals surface area contributed by atoms with Crippen molar-refractivity contribution in [1.29, 1.82) is 5.26 Å². The van der Waals surface area contributed by atoms with Crippen molar-refractivity contribution in [2.45, 2.75) is 5.25 Å². The number of rotatable bonds is 4. The molecule has 2 rings (SSSR count). The van der Waals surface area contributed by atoms with Crippen molar-refractivity contribution < 1.29 is 4.92 Å². The molecule has 0 aromatic carbocycles. The fourth-order valence-electron chi connectivity index (χ4n) is 1.65. The number of nitriles is 1. The Bertz CT molecular complexity index is 512. The predicted molar refractivity (Wildman–Crippen MR) is 77.7 cm³/mol. The number of hydrogen-bond acceptors (Lipinski definition) is 7. The Kier molecular flexibility index (Phi) is 4.87. The summed E-state index contributed by atoms with van der Waals surface area (Å²) in [5.41, 5.74) is 0.0485. The SMILES string of the molecule is N#Cc1cnc(NCC2CSCCS2)c([N+](=O)[O-])c1. The van der Waals surface area contributed by atoms with Gasteiger partial charge in [0.05, 0.1) is 10.5 Å². The van der Waals surface area contributed by atoms with Crippen LogP contribution < -0.4 is 5.32 Å². The lowest BCUT2D eigenvalue weighted by molar-refractivity contribution is -0.384. The van der Waals surface area contributed by atoms with E-state index in [1.165, 1.54) is 12.3 Å². The van der Waals surface area contributed by atoms with Crippen LogP contribution in [0, 0.1) is 21.4 Å². The number of thioether (sulfide) groups is 2. The van der Waals surface area contributed by atoms with Gasteiger partial charge in [0.15, 0.2) is 0 Å². The van der Waals surface area contributed by atoms with E-state index in [-0.39, 0.29) is 17.1 Å². The molecule has 0 aliphatic carbocycles. The van der Waals surface area contributed by atoms with Gasteiger partial charge in [-0.25, -0.2) is 4.98 Å². The molecule has 6 nitrogen and oxygen atoms in total. The molecule has 0 spiro atoms. The molecule has 0 radical (unpaired) electrons. The highest BCUT2D eigenvalue weighted by Gasteiger charge is 2.19. The summed E-state index contributed by atoms with van der Waals surface area (Å²) in [6.07, 6.45) is 1.35. The normalized spacial score (nSPS) is 18.6. The van der Waals surface area contributed by atoms with E-state index >= 15 is 0 Å². The molecular formula is C11H12N4O2S2. The molecule has 0 saturated carbocycles. The number of nitrogens with one attached hydrogen (secondary N) is 1. The predicted octanol–water partition coefficient (Wildman–Crippen LogP) is 2.12. The topological polar surface area (TPSA) is 91.8 Å². The third-order valence-corrected chi connectivity index (χ3v) is 5.42. The molecule has 1 aliphatic heterocycles. The summed E-state index contributed by atoms with van der Waals surface area (Å²) < 4.78 is 0. The molecule has 1 unspecified atom stereocenters. The van der Waals surface area contributed by atoms with E-state index in [4.69, 9.17) is 5.26 Å². The van der Waals surface area contributed by atoms with E-state index in [9.17, 15) is 10.1 Å². The summed E-state index contributed by atoms with van der Waals surface area (Å²) in [6.45, 7) is 0.650. The van der Waals surface area contributed by atoms with Crippen LogP contribution in [0.1, 0.15) is 5.56 Å². The van der Waals surface area contributed by atoms with Crippen LogP contribution in [0.15, 0.2) is 12.3 Å². The lowest BCUT2D eigenvalue weighted by Crippen LogP contribution is -2.23. The second kappa shape index (κ2) is 6.63. The fourth-order valence-corrected chi connectivity index (χ4v) is 4.27. The zero-order valence-corrected chi connectivity index (χ0v) is 11.7. The van der Waals surface area contributed by atoms with Crippen molar-refractivity contribution >= 4 is 35.0 Å². The maximum atomic E-state index is 10.9. The van der Waals surface area contributed by atoms with Gasteiger partial charge in [0.25, 0.3) is 0 Å². The van der Waals surface area contributed by atoms with Crippen molar-refractivity contribution in [1.82, 2.24) is 4.98 Å². The Morgan fingerprint density at radius 3 is 3.11 bits per heavy atom. The first-order valence-electron chi connectivity index (χ1n) is 5.68. The summed E-state index contributed by atoms with van der Waals surface area (Å²) in [4.78, 5) is 14.4. The number of pyridine rings is 1. The zero-order valence-electron chi connectivity index (χ0n) is 10.0. The van der Waals surface area contributed by atoms with Crippen molar-refractivity contribution in [3.05, 3.63) is 27.9 Å². The number of anilines is 1. The molecule has 1 fully saturated rings. The monoisotopic (exact) mass is 296 g/mol. The Morgan fingerprint density at radius 2 is 2.47 bits per heavy atom. The van der Waals surface area contributed by atoms with Crippen molar-refractivity contribution in [2.75, 3.05) is 29.1 Å². The summed E-state index contributed by atoms with van der Waals surface area (Å²) in [5, 5.41) is 23.1. The Balaban J connectivity index is 2.06. The molecule has 19 heavy (non-hydrogen) atoms. The fraction of sp³-hybridized carbons (Fsp3) is 0.455. The van der Waals surface area contributed by atoms with E-state index in [1.54, 1.807) is 0 Å². The third kappa shape index (κ3) is 3.75. The number of hydrogen-bond donors (Lipinski definition) is 1. The first kappa shape index (κ1) is 14.0. The van der Waals surface area contributed by atoms with Gasteiger partial charge in [0, 0.05) is 41.3 Å². The minimum Gasteiger partial charge on any atom is -0.363 e. The first-order chi connectivity index (χ1) is 9.20. The molecule has 100 valence electrons. The van der Waals surface area contributed by atoms with Crippen LogP contribution in [0.25, 0.3) is 0 Å². The van der Waals surface area contributed by atoms with Gasteiger partial charge in [0.1, 0.15) is 6.07 Å². The molecule has 2 heterocycles. The van der Waals surface area contributed by atoms with Gasteiger partial charge in [0.2, 0.25) is 5.82 Å². The molecule has 1 saturated heterocycles. The van der Waals surface area contributed by atoms with Gasteiger partial charge in [-0.3, -0.25) is 10.1 Å². The summed E-state index contributed by atoms with van der Waals surface area (Å²) >= 11 is 3.77. The van der Waals surface area contributed by atoms with Gasteiger partial charge in [-0.1, -0.05) is 0 Å². The van der Waals surface area contributed by atoms with Crippen LogP contribution >= 0.6 is 23.5 Å². The second-order valence-corrected chi connectivity index (χ2v) is 6.47. The number of aromatic nitrogens is 1. The van der Waals surface area contributed by atoms with Crippen LogP contribution in [0.4, 0.5) is 11.5 Å². The molecule has 1 aliphatic rings. The minimum atomic E-state index is -0.515. The van der Waals surface area contributed by atoms with E-state index < -0.39 is 4.92 Å². The lowest BCUT2D eigenvalue weighted by atomic mass is 10.2. The molecule has 0 amide bonds. The standard InChI is InChI=1S/C11H12N4O2S2/c12-4-8-3-10(15(16)17)11(13-5-8)14-6-9-7-18-1-2-19-9/h3,5,9H,1-2,6-7H2,(H,13,14). The van der Waals surface area contributed by atoms with E-state index in [1.807, 2.05) is 29.6 Å². The minimum absolute atomic E-state index is 0.146. The van der Waals surface area contributed by atoms with Crippen LogP contribution in [0.5, 0.6) is 0 Å². The Labute approximate surface area is 119 Å². The van der Waals surface area contributed by atoms with E-state index in [0.29, 0.717) is 11.8 Å². The summed E-state index contributed by atoms with van der Waals surface area (Å²) in [5.74, 6) is 3.55. The number of nitro groups is 1. The quantitative estimate of drug-likeness (QED) is 0.672. The maximum absolute atomic E-state index is 10.9. The van der Waals surface area contributed by atoms with Crippen molar-refractivity contribution in [3.63, 3.8) is 0 Å². The number of nitrogens with zero attached hydrogens (tertiary/aromatic N) is 3. The highest BCUT2D eigenvalue weighted by molar-refractivity contribution is 8.06. The average molecular weight is 296 g/mol. The molecule has 1 atom stereocenters. The largest absolute Gasteiger partial charge is 0.363 e.